The Balaban J connectivity index is 1.72. The lowest BCUT2D eigenvalue weighted by Crippen LogP contribution is -2.47. The molecule has 0 spiro atoms. The molecular weight excluding hydrogens is 431 g/mol. The van der Waals surface area contributed by atoms with E-state index in [2.05, 4.69) is 15.4 Å². The van der Waals surface area contributed by atoms with Crippen molar-refractivity contribution in [3.8, 4) is 0 Å². The molecule has 2 N–H and O–H groups in total. The largest absolute Gasteiger partial charge is 0.320 e. The highest BCUT2D eigenvalue weighted by atomic mass is 32.2. The van der Waals surface area contributed by atoms with Gasteiger partial charge in [0.25, 0.3) is 5.91 Å². The Morgan fingerprint density at radius 1 is 1.32 bits per heavy atom. The van der Waals surface area contributed by atoms with Crippen LogP contribution < -0.4 is 5.32 Å². The summed E-state index contributed by atoms with van der Waals surface area (Å²) in [4.78, 5) is 17.0. The summed E-state index contributed by atoms with van der Waals surface area (Å²) in [7, 11) is -3.09. The van der Waals surface area contributed by atoms with E-state index in [-0.39, 0.29) is 46.7 Å². The zero-order chi connectivity index (χ0) is 22.6. The second kappa shape index (κ2) is 7.04. The topological polar surface area (TPSA) is 101 Å². The Hall–Kier alpha value is -2.95. The number of benzene rings is 1. The average Bonchev–Trinajstić information content (AvgIpc) is 2.98. The first kappa shape index (κ1) is 21.3. The summed E-state index contributed by atoms with van der Waals surface area (Å²) in [6.45, 7) is 1.70. The zero-order valence-corrected chi connectivity index (χ0v) is 17.6. The smallest absolute Gasteiger partial charge is 0.274 e. The summed E-state index contributed by atoms with van der Waals surface area (Å²) in [6.07, 6.45) is 1.83. The zero-order valence-electron chi connectivity index (χ0n) is 16.8. The molecule has 3 aromatic rings. The fourth-order valence-electron chi connectivity index (χ4n) is 4.03. The number of carbonyl (C=O) groups is 1. The van der Waals surface area contributed by atoms with Crippen molar-refractivity contribution in [2.75, 3.05) is 11.6 Å². The molecule has 2 heterocycles. The predicted molar refractivity (Wildman–Crippen MR) is 109 cm³/mol. The number of alkyl halides is 2. The van der Waals surface area contributed by atoms with Gasteiger partial charge in [-0.3, -0.25) is 9.48 Å². The van der Waals surface area contributed by atoms with Crippen LogP contribution in [0.3, 0.4) is 0 Å². The molecule has 7 nitrogen and oxygen atoms in total. The number of amides is 1. The quantitative estimate of drug-likeness (QED) is 0.604. The van der Waals surface area contributed by atoms with Gasteiger partial charge in [0, 0.05) is 42.9 Å². The van der Waals surface area contributed by atoms with Crippen LogP contribution in [0.25, 0.3) is 10.9 Å². The van der Waals surface area contributed by atoms with E-state index in [0.29, 0.717) is 0 Å². The fraction of sp³-hybridized carbons (Fsp3) is 0.350. The lowest BCUT2D eigenvalue weighted by atomic mass is 9.67. The number of fused-ring (bicyclic) bond motifs is 1. The lowest BCUT2D eigenvalue weighted by molar-refractivity contribution is -0.159. The molecule has 4 rings (SSSR count). The van der Waals surface area contributed by atoms with E-state index in [0.717, 1.165) is 0 Å². The Morgan fingerprint density at radius 2 is 2.03 bits per heavy atom. The number of hydrogen-bond donors (Lipinski definition) is 2. The first-order valence-corrected chi connectivity index (χ1v) is 11.4. The monoisotopic (exact) mass is 451 g/mol. The van der Waals surface area contributed by atoms with E-state index >= 15 is 0 Å². The van der Waals surface area contributed by atoms with Crippen LogP contribution in [0.4, 0.5) is 18.9 Å². The number of nitrogens with zero attached hydrogens (tertiary/aromatic N) is 3. The summed E-state index contributed by atoms with van der Waals surface area (Å²) in [6, 6.07) is 6.97. The molecule has 1 aliphatic rings. The van der Waals surface area contributed by atoms with Crippen molar-refractivity contribution in [1.82, 2.24) is 14.8 Å². The van der Waals surface area contributed by atoms with Crippen LogP contribution in [-0.2, 0) is 16.3 Å². The summed E-state index contributed by atoms with van der Waals surface area (Å²) in [5.74, 6) is -4.01. The number of pyridine rings is 1. The number of aromatic nitrogens is 3. The third-order valence-electron chi connectivity index (χ3n) is 5.23. The lowest BCUT2D eigenvalue weighted by Gasteiger charge is -2.44. The molecule has 0 bridgehead atoms. The number of anilines is 1. The number of hydrogen-bond acceptors (Lipinski definition) is 5. The molecule has 0 radical (unpaired) electrons. The van der Waals surface area contributed by atoms with E-state index in [1.54, 1.807) is 6.92 Å². The number of nitrogens with one attached hydrogen (secondary N) is 2. The Morgan fingerprint density at radius 3 is 2.68 bits per heavy atom. The molecule has 1 saturated carbocycles. The molecule has 1 atom stereocenters. The molecule has 11 heteroatoms. The van der Waals surface area contributed by atoms with Crippen LogP contribution >= 0.6 is 0 Å². The standard InChI is InChI=1S/C20H20F3N5O2S/c1-19(9-20(22,23)10-19)11-28-17(13-4-3-5-14(21)16(13)27-28)18(29)26-12-6-7-25-15(8-12)31(2,24)30/h3-8,24H,9-11H2,1-2H3,(H,25,26,29). The van der Waals surface area contributed by atoms with Gasteiger partial charge in [-0.25, -0.2) is 27.1 Å². The van der Waals surface area contributed by atoms with Crippen molar-refractivity contribution in [3.63, 3.8) is 0 Å². The van der Waals surface area contributed by atoms with Gasteiger partial charge in [0.15, 0.2) is 5.82 Å². The van der Waals surface area contributed by atoms with Crippen molar-refractivity contribution < 1.29 is 22.2 Å². The van der Waals surface area contributed by atoms with E-state index in [9.17, 15) is 22.2 Å². The van der Waals surface area contributed by atoms with Crippen LogP contribution in [0.15, 0.2) is 41.6 Å². The second-order valence-electron chi connectivity index (χ2n) is 8.34. The first-order valence-electron chi connectivity index (χ1n) is 9.41. The summed E-state index contributed by atoms with van der Waals surface area (Å²) in [5, 5.41) is 7.07. The van der Waals surface area contributed by atoms with E-state index in [1.807, 2.05) is 0 Å². The normalized spacial score (nSPS) is 18.9. The average molecular weight is 451 g/mol. The van der Waals surface area contributed by atoms with Crippen LogP contribution in [0, 0.1) is 16.0 Å². The van der Waals surface area contributed by atoms with Gasteiger partial charge in [0.05, 0.1) is 9.73 Å². The fourth-order valence-corrected chi connectivity index (χ4v) is 4.65. The van der Waals surface area contributed by atoms with Crippen LogP contribution in [-0.4, -0.2) is 37.1 Å². The van der Waals surface area contributed by atoms with Crippen molar-refractivity contribution in [1.29, 1.82) is 4.78 Å². The van der Waals surface area contributed by atoms with Gasteiger partial charge < -0.3 is 5.32 Å². The van der Waals surface area contributed by atoms with Gasteiger partial charge in [-0.1, -0.05) is 19.1 Å². The molecule has 1 unspecified atom stereocenters. The van der Waals surface area contributed by atoms with Gasteiger partial charge in [-0.15, -0.1) is 0 Å². The highest BCUT2D eigenvalue weighted by Crippen LogP contribution is 2.52. The van der Waals surface area contributed by atoms with Gasteiger partial charge in [0.2, 0.25) is 5.92 Å². The minimum atomic E-state index is -3.09. The highest BCUT2D eigenvalue weighted by molar-refractivity contribution is 7.91. The molecule has 164 valence electrons. The van der Waals surface area contributed by atoms with Gasteiger partial charge in [-0.2, -0.15) is 5.10 Å². The maximum absolute atomic E-state index is 14.3. The van der Waals surface area contributed by atoms with Crippen LogP contribution in [0.5, 0.6) is 0 Å². The highest BCUT2D eigenvalue weighted by Gasteiger charge is 2.54. The summed E-state index contributed by atoms with van der Waals surface area (Å²) in [5.41, 5.74) is -0.525. The maximum Gasteiger partial charge on any atom is 0.274 e. The Kier molecular flexibility index (Phi) is 4.84. The van der Waals surface area contributed by atoms with E-state index in [1.165, 1.54) is 47.5 Å². The van der Waals surface area contributed by atoms with Gasteiger partial charge >= 0.3 is 0 Å². The van der Waals surface area contributed by atoms with Crippen LogP contribution in [0.1, 0.15) is 30.3 Å². The maximum atomic E-state index is 14.3. The van der Waals surface area contributed by atoms with Gasteiger partial charge in [0.1, 0.15) is 16.2 Å². The molecule has 31 heavy (non-hydrogen) atoms. The molecule has 0 aliphatic heterocycles. The Bertz CT molecular complexity index is 1300. The van der Waals surface area contributed by atoms with E-state index in [4.69, 9.17) is 4.78 Å². The summed E-state index contributed by atoms with van der Waals surface area (Å²) >= 11 is 0. The molecule has 0 saturated heterocycles. The molecule has 1 amide bonds. The Labute approximate surface area is 176 Å². The van der Waals surface area contributed by atoms with Gasteiger partial charge in [-0.05, 0) is 23.6 Å². The van der Waals surface area contributed by atoms with Crippen molar-refractivity contribution in [2.24, 2.45) is 5.41 Å². The summed E-state index contributed by atoms with van der Waals surface area (Å²) < 4.78 is 62.1. The number of halogens is 3. The third-order valence-corrected chi connectivity index (χ3v) is 6.25. The second-order valence-corrected chi connectivity index (χ2v) is 10.4. The molecular formula is C20H20F3N5O2S. The predicted octanol–water partition coefficient (Wildman–Crippen LogP) is 4.29. The SMILES string of the molecule is CC1(Cn2nc3c(F)cccc3c2C(=O)Nc2ccnc(S(C)(=N)=O)c2)CC(F)(F)C1. The third kappa shape index (κ3) is 4.14. The van der Waals surface area contributed by atoms with Crippen molar-refractivity contribution >= 4 is 32.2 Å². The minimum absolute atomic E-state index is 0.000999. The molecule has 1 aromatic carbocycles. The number of rotatable bonds is 5. The van der Waals surface area contributed by atoms with E-state index < -0.39 is 32.8 Å². The number of carbonyl (C=O) groups excluding carboxylic acids is 1. The minimum Gasteiger partial charge on any atom is -0.320 e. The first-order chi connectivity index (χ1) is 14.4. The van der Waals surface area contributed by atoms with Crippen molar-refractivity contribution in [2.45, 2.75) is 37.3 Å². The van der Waals surface area contributed by atoms with Crippen molar-refractivity contribution in [3.05, 3.63) is 48.0 Å². The molecule has 2 aromatic heterocycles. The molecule has 1 fully saturated rings. The molecule has 1 aliphatic carbocycles. The van der Waals surface area contributed by atoms with Crippen LogP contribution in [0.2, 0.25) is 0 Å².